The number of carbonyl (C=O) groups is 3. The summed E-state index contributed by atoms with van der Waals surface area (Å²) in [4.78, 5) is 41.8. The van der Waals surface area contributed by atoms with Crippen molar-refractivity contribution in [1.29, 1.82) is 0 Å². The van der Waals surface area contributed by atoms with Gasteiger partial charge >= 0.3 is 5.97 Å². The maximum absolute atomic E-state index is 13.7. The van der Waals surface area contributed by atoms with E-state index in [1.165, 1.54) is 0 Å². The van der Waals surface area contributed by atoms with Crippen LogP contribution in [0.3, 0.4) is 0 Å². The first-order chi connectivity index (χ1) is 17.0. The smallest absolute Gasteiger partial charge is 0.318 e. The lowest BCUT2D eigenvalue weighted by Gasteiger charge is -2.35. The van der Waals surface area contributed by atoms with Gasteiger partial charge in [-0.2, -0.15) is 0 Å². The summed E-state index contributed by atoms with van der Waals surface area (Å²) >= 11 is 6.01. The van der Waals surface area contributed by atoms with Gasteiger partial charge in [0.2, 0.25) is 11.8 Å². The molecule has 1 aliphatic carbocycles. The fraction of sp³-hybridized carbons (Fsp3) is 0.393. The molecule has 2 atom stereocenters. The van der Waals surface area contributed by atoms with Gasteiger partial charge in [-0.05, 0) is 55.9 Å². The van der Waals surface area contributed by atoms with Gasteiger partial charge in [-0.3, -0.25) is 14.4 Å². The van der Waals surface area contributed by atoms with Crippen molar-refractivity contribution in [2.45, 2.75) is 45.6 Å². The van der Waals surface area contributed by atoms with Gasteiger partial charge in [0.15, 0.2) is 0 Å². The van der Waals surface area contributed by atoms with Gasteiger partial charge in [0.25, 0.3) is 0 Å². The van der Waals surface area contributed by atoms with Crippen LogP contribution in [0, 0.1) is 11.3 Å². The van der Waals surface area contributed by atoms with Crippen LogP contribution in [0.5, 0.6) is 0 Å². The number of allylic oxidation sites excluding steroid dienone is 1. The molecule has 1 saturated heterocycles. The van der Waals surface area contributed by atoms with Gasteiger partial charge in [0.05, 0.1) is 12.5 Å². The molecule has 0 saturated carbocycles. The largest absolute Gasteiger partial charge is 0.465 e. The number of rotatable bonds is 9. The van der Waals surface area contributed by atoms with Gasteiger partial charge in [0.1, 0.15) is 5.41 Å². The van der Waals surface area contributed by atoms with Crippen molar-refractivity contribution < 1.29 is 19.1 Å². The number of esters is 1. The number of ether oxygens (including phenoxy) is 1. The fourth-order valence-corrected chi connectivity index (χ4v) is 5.32. The number of fused-ring (bicyclic) bond motifs is 1. The second-order valence-electron chi connectivity index (χ2n) is 9.06. The normalized spacial score (nSPS) is 21.3. The molecule has 1 heterocycles. The minimum Gasteiger partial charge on any atom is -0.465 e. The van der Waals surface area contributed by atoms with Crippen molar-refractivity contribution in [3.05, 3.63) is 82.5 Å². The number of amides is 2. The van der Waals surface area contributed by atoms with E-state index in [9.17, 15) is 14.4 Å². The minimum absolute atomic E-state index is 0.0563. The summed E-state index contributed by atoms with van der Waals surface area (Å²) < 4.78 is 5.49. The molecule has 1 N–H and O–H groups in total. The van der Waals surface area contributed by atoms with Crippen molar-refractivity contribution in [3.63, 3.8) is 0 Å². The van der Waals surface area contributed by atoms with E-state index in [0.29, 0.717) is 36.7 Å². The molecule has 0 radical (unpaired) electrons. The summed E-state index contributed by atoms with van der Waals surface area (Å²) in [7, 11) is 0. The Kier molecular flexibility index (Phi) is 7.91. The highest BCUT2D eigenvalue weighted by Crippen LogP contribution is 2.53. The van der Waals surface area contributed by atoms with Crippen molar-refractivity contribution in [2.75, 3.05) is 13.2 Å². The molecule has 35 heavy (non-hydrogen) atoms. The number of benzene rings is 2. The van der Waals surface area contributed by atoms with Crippen molar-refractivity contribution >= 4 is 29.4 Å². The highest BCUT2D eigenvalue weighted by atomic mass is 35.5. The standard InChI is InChI=1S/C28H31ClN2O4/c1-2-35-27(34)28-16-7-6-10-24(28)31(17-15-20-11-13-22(29)14-12-20)26(33)23(28)18-25(32)30-19-21-8-4-3-5-9-21/h3-5,8-14,23H,2,6-7,15-19H2,1H3,(H,30,32)/t23-,28-/m1/s1. The van der Waals surface area contributed by atoms with E-state index in [1.54, 1.807) is 11.8 Å². The Balaban J connectivity index is 1.57. The summed E-state index contributed by atoms with van der Waals surface area (Å²) in [6, 6.07) is 17.1. The Morgan fingerprint density at radius 1 is 1.11 bits per heavy atom. The molecule has 1 fully saturated rings. The summed E-state index contributed by atoms with van der Waals surface area (Å²) in [5.41, 5.74) is 1.60. The molecule has 4 rings (SSSR count). The van der Waals surface area contributed by atoms with Crippen LogP contribution in [-0.4, -0.2) is 35.8 Å². The predicted molar refractivity (Wildman–Crippen MR) is 134 cm³/mol. The van der Waals surface area contributed by atoms with Crippen molar-refractivity contribution in [3.8, 4) is 0 Å². The van der Waals surface area contributed by atoms with Crippen molar-refractivity contribution in [2.24, 2.45) is 11.3 Å². The molecule has 6 nitrogen and oxygen atoms in total. The number of hydrogen-bond acceptors (Lipinski definition) is 4. The van der Waals surface area contributed by atoms with Crippen LogP contribution in [0.1, 0.15) is 43.7 Å². The molecule has 1 aliphatic heterocycles. The molecule has 7 heteroatoms. The van der Waals surface area contributed by atoms with E-state index in [4.69, 9.17) is 16.3 Å². The summed E-state index contributed by atoms with van der Waals surface area (Å²) in [6.45, 7) is 2.78. The zero-order chi connectivity index (χ0) is 24.8. The van der Waals surface area contributed by atoms with Gasteiger partial charge in [0, 0.05) is 30.2 Å². The number of nitrogens with zero attached hydrogens (tertiary/aromatic N) is 1. The molecule has 2 aromatic carbocycles. The van der Waals surface area contributed by atoms with Gasteiger partial charge in [-0.15, -0.1) is 0 Å². The van der Waals surface area contributed by atoms with E-state index >= 15 is 0 Å². The van der Waals surface area contributed by atoms with Crippen molar-refractivity contribution in [1.82, 2.24) is 10.2 Å². The monoisotopic (exact) mass is 494 g/mol. The molecule has 2 aliphatic rings. The van der Waals surface area contributed by atoms with Crippen LogP contribution in [0.4, 0.5) is 0 Å². The minimum atomic E-state index is -1.12. The van der Waals surface area contributed by atoms with Crippen LogP contribution >= 0.6 is 11.6 Å². The molecule has 0 spiro atoms. The summed E-state index contributed by atoms with van der Waals surface area (Å²) in [5.74, 6) is -1.63. The van der Waals surface area contributed by atoms with Crippen LogP contribution in [0.15, 0.2) is 66.4 Å². The van der Waals surface area contributed by atoms with E-state index in [2.05, 4.69) is 5.32 Å². The fourth-order valence-electron chi connectivity index (χ4n) is 5.20. The predicted octanol–water partition coefficient (Wildman–Crippen LogP) is 4.66. The molecule has 0 aromatic heterocycles. The maximum Gasteiger partial charge on any atom is 0.318 e. The third-order valence-electron chi connectivity index (χ3n) is 6.92. The maximum atomic E-state index is 13.7. The van der Waals surface area contributed by atoms with Crippen LogP contribution in [-0.2, 0) is 32.1 Å². The second kappa shape index (κ2) is 11.1. The van der Waals surface area contributed by atoms with E-state index < -0.39 is 17.3 Å². The Labute approximate surface area is 211 Å². The highest BCUT2D eigenvalue weighted by Gasteiger charge is 2.61. The number of carbonyl (C=O) groups excluding carboxylic acids is 3. The van der Waals surface area contributed by atoms with Gasteiger partial charge in [-0.25, -0.2) is 0 Å². The number of likely N-dealkylation sites (tertiary alicyclic amines) is 1. The number of halogens is 1. The highest BCUT2D eigenvalue weighted by molar-refractivity contribution is 6.30. The van der Waals surface area contributed by atoms with Crippen LogP contribution in [0.25, 0.3) is 0 Å². The summed E-state index contributed by atoms with van der Waals surface area (Å²) in [6.07, 6.45) is 4.60. The van der Waals surface area contributed by atoms with Crippen LogP contribution < -0.4 is 5.32 Å². The Morgan fingerprint density at radius 3 is 2.57 bits per heavy atom. The number of nitrogens with one attached hydrogen (secondary N) is 1. The SMILES string of the molecule is CCOC(=O)[C@@]12CCCC=C1N(CCc1ccc(Cl)cc1)C(=O)[C@H]2CC(=O)NCc1ccccc1. The summed E-state index contributed by atoms with van der Waals surface area (Å²) in [5, 5.41) is 3.57. The second-order valence-corrected chi connectivity index (χ2v) is 9.50. The molecular formula is C28H31ClN2O4. The van der Waals surface area contributed by atoms with E-state index in [-0.39, 0.29) is 24.8 Å². The Bertz CT molecular complexity index is 1100. The van der Waals surface area contributed by atoms with Crippen LogP contribution in [0.2, 0.25) is 5.02 Å². The first kappa shape index (κ1) is 25.0. The molecular weight excluding hydrogens is 464 g/mol. The van der Waals surface area contributed by atoms with E-state index in [1.807, 2.05) is 60.7 Å². The third-order valence-corrected chi connectivity index (χ3v) is 7.17. The first-order valence-corrected chi connectivity index (χ1v) is 12.6. The quantitative estimate of drug-likeness (QED) is 0.514. The zero-order valence-electron chi connectivity index (χ0n) is 20.0. The topological polar surface area (TPSA) is 75.7 Å². The zero-order valence-corrected chi connectivity index (χ0v) is 20.7. The lowest BCUT2D eigenvalue weighted by molar-refractivity contribution is -0.158. The molecule has 0 bridgehead atoms. The Morgan fingerprint density at radius 2 is 1.86 bits per heavy atom. The Hall–Kier alpha value is -3.12. The average molecular weight is 495 g/mol. The molecule has 184 valence electrons. The van der Waals surface area contributed by atoms with Gasteiger partial charge < -0.3 is 15.0 Å². The number of hydrogen-bond donors (Lipinski definition) is 1. The molecule has 0 unspecified atom stereocenters. The molecule has 2 aromatic rings. The first-order valence-electron chi connectivity index (χ1n) is 12.2. The molecule has 2 amide bonds. The third kappa shape index (κ3) is 5.27. The lowest BCUT2D eigenvalue weighted by atomic mass is 9.68. The average Bonchev–Trinajstić information content (AvgIpc) is 3.11. The van der Waals surface area contributed by atoms with E-state index in [0.717, 1.165) is 24.0 Å². The lowest BCUT2D eigenvalue weighted by Crippen LogP contribution is -2.43. The van der Waals surface area contributed by atoms with Gasteiger partial charge in [-0.1, -0.05) is 60.1 Å².